The summed E-state index contributed by atoms with van der Waals surface area (Å²) in [5, 5.41) is 12.5. The third-order valence-electron chi connectivity index (χ3n) is 3.20. The Morgan fingerprint density at radius 1 is 1.44 bits per heavy atom. The second-order valence-electron chi connectivity index (χ2n) is 4.64. The minimum Gasteiger partial charge on any atom is -0.481 e. The Bertz CT molecular complexity index is 221. The Balaban J connectivity index is 2.48. The Morgan fingerprint density at radius 3 is 2.75 bits per heavy atom. The van der Waals surface area contributed by atoms with Crippen LogP contribution in [-0.2, 0) is 4.79 Å². The van der Waals surface area contributed by atoms with Crippen molar-refractivity contribution in [1.82, 2.24) is 10.2 Å². The third kappa shape index (κ3) is 4.10. The maximum Gasteiger partial charge on any atom is 0.307 e. The van der Waals surface area contributed by atoms with Crippen molar-refractivity contribution < 1.29 is 9.90 Å². The number of carboxylic acid groups (broad SMARTS) is 1. The molecule has 0 aliphatic carbocycles. The van der Waals surface area contributed by atoms with Gasteiger partial charge in [-0.15, -0.1) is 0 Å². The molecule has 1 saturated heterocycles. The van der Waals surface area contributed by atoms with Crippen molar-refractivity contribution in [2.75, 3.05) is 26.2 Å². The van der Waals surface area contributed by atoms with Crippen molar-refractivity contribution in [1.29, 1.82) is 0 Å². The number of nitrogens with zero attached hydrogens (tertiary/aromatic N) is 1. The van der Waals surface area contributed by atoms with Gasteiger partial charge in [0.15, 0.2) is 0 Å². The molecule has 16 heavy (non-hydrogen) atoms. The normalized spacial score (nSPS) is 26.9. The fourth-order valence-electron chi connectivity index (χ4n) is 2.37. The van der Waals surface area contributed by atoms with Gasteiger partial charge >= 0.3 is 5.97 Å². The Labute approximate surface area is 98.0 Å². The number of nitrogens with one attached hydrogen (secondary N) is 1. The minimum atomic E-state index is -0.649. The van der Waals surface area contributed by atoms with Gasteiger partial charge in [0.25, 0.3) is 0 Å². The quantitative estimate of drug-likeness (QED) is 0.716. The molecule has 1 heterocycles. The predicted molar refractivity (Wildman–Crippen MR) is 64.6 cm³/mol. The van der Waals surface area contributed by atoms with Crippen molar-refractivity contribution in [3.63, 3.8) is 0 Å². The molecule has 0 aromatic rings. The van der Waals surface area contributed by atoms with Crippen LogP contribution in [0.2, 0.25) is 0 Å². The number of piperidine rings is 1. The van der Waals surface area contributed by atoms with E-state index in [0.29, 0.717) is 6.04 Å². The van der Waals surface area contributed by atoms with Crippen molar-refractivity contribution in [3.8, 4) is 0 Å². The number of carbonyl (C=O) groups is 1. The largest absolute Gasteiger partial charge is 0.481 e. The standard InChI is InChI=1S/C12H24N2O2/c1-3-5-6-14-8-10(12(15)16)7-11(9-14)13-4-2/h10-11,13H,3-9H2,1-2H3,(H,15,16). The van der Waals surface area contributed by atoms with Gasteiger partial charge in [0.05, 0.1) is 5.92 Å². The van der Waals surface area contributed by atoms with E-state index in [4.69, 9.17) is 5.11 Å². The van der Waals surface area contributed by atoms with E-state index in [1.54, 1.807) is 0 Å². The lowest BCUT2D eigenvalue weighted by Gasteiger charge is -2.36. The highest BCUT2D eigenvalue weighted by molar-refractivity contribution is 5.70. The molecule has 0 bridgehead atoms. The lowest BCUT2D eigenvalue weighted by Crippen LogP contribution is -2.51. The molecule has 1 rings (SSSR count). The molecular weight excluding hydrogens is 204 g/mol. The minimum absolute atomic E-state index is 0.199. The van der Waals surface area contributed by atoms with Crippen LogP contribution < -0.4 is 5.32 Å². The van der Waals surface area contributed by atoms with Gasteiger partial charge in [0, 0.05) is 19.1 Å². The molecule has 0 radical (unpaired) electrons. The molecule has 94 valence electrons. The lowest BCUT2D eigenvalue weighted by atomic mass is 9.94. The Hall–Kier alpha value is -0.610. The zero-order chi connectivity index (χ0) is 12.0. The third-order valence-corrected chi connectivity index (χ3v) is 3.20. The van der Waals surface area contributed by atoms with Crippen molar-refractivity contribution >= 4 is 5.97 Å². The molecule has 0 spiro atoms. The number of carboxylic acids is 1. The molecule has 0 aromatic carbocycles. The van der Waals surface area contributed by atoms with E-state index in [1.807, 2.05) is 0 Å². The number of rotatable bonds is 6. The fraction of sp³-hybridized carbons (Fsp3) is 0.917. The molecule has 2 unspecified atom stereocenters. The van der Waals surface area contributed by atoms with Crippen LogP contribution in [0.5, 0.6) is 0 Å². The molecule has 0 aromatic heterocycles. The number of hydrogen-bond donors (Lipinski definition) is 2. The van der Waals surface area contributed by atoms with Gasteiger partial charge in [0.1, 0.15) is 0 Å². The van der Waals surface area contributed by atoms with Gasteiger partial charge in [-0.05, 0) is 25.9 Å². The topological polar surface area (TPSA) is 52.6 Å². The van der Waals surface area contributed by atoms with Gasteiger partial charge in [-0.3, -0.25) is 4.79 Å². The van der Waals surface area contributed by atoms with Crippen molar-refractivity contribution in [3.05, 3.63) is 0 Å². The first kappa shape index (κ1) is 13.5. The number of hydrogen-bond acceptors (Lipinski definition) is 3. The van der Waals surface area contributed by atoms with Gasteiger partial charge in [-0.1, -0.05) is 20.3 Å². The average Bonchev–Trinajstić information content (AvgIpc) is 2.26. The molecule has 4 heteroatoms. The monoisotopic (exact) mass is 228 g/mol. The summed E-state index contributed by atoms with van der Waals surface area (Å²) in [6, 6.07) is 0.344. The van der Waals surface area contributed by atoms with Crippen LogP contribution in [-0.4, -0.2) is 48.2 Å². The van der Waals surface area contributed by atoms with E-state index in [0.717, 1.165) is 39.0 Å². The maximum absolute atomic E-state index is 11.1. The van der Waals surface area contributed by atoms with Crippen LogP contribution in [0.15, 0.2) is 0 Å². The molecule has 2 N–H and O–H groups in total. The highest BCUT2D eigenvalue weighted by Gasteiger charge is 2.30. The van der Waals surface area contributed by atoms with Gasteiger partial charge in [0.2, 0.25) is 0 Å². The van der Waals surface area contributed by atoms with Crippen LogP contribution in [0.4, 0.5) is 0 Å². The SMILES string of the molecule is CCCCN1CC(NCC)CC(C(=O)O)C1. The summed E-state index contributed by atoms with van der Waals surface area (Å²) in [5.41, 5.74) is 0. The second-order valence-corrected chi connectivity index (χ2v) is 4.64. The summed E-state index contributed by atoms with van der Waals surface area (Å²) in [6.45, 7) is 7.90. The molecule has 4 nitrogen and oxygen atoms in total. The second kappa shape index (κ2) is 6.86. The molecule has 1 fully saturated rings. The summed E-state index contributed by atoms with van der Waals surface area (Å²) >= 11 is 0. The molecule has 0 saturated carbocycles. The van der Waals surface area contributed by atoms with E-state index in [-0.39, 0.29) is 5.92 Å². The first-order chi connectivity index (χ1) is 7.67. The highest BCUT2D eigenvalue weighted by Crippen LogP contribution is 2.17. The van der Waals surface area contributed by atoms with Gasteiger partial charge in [-0.25, -0.2) is 0 Å². The number of aliphatic carboxylic acids is 1. The zero-order valence-corrected chi connectivity index (χ0v) is 10.4. The maximum atomic E-state index is 11.1. The molecule has 1 aliphatic heterocycles. The van der Waals surface area contributed by atoms with E-state index in [2.05, 4.69) is 24.1 Å². The smallest absolute Gasteiger partial charge is 0.307 e. The van der Waals surface area contributed by atoms with E-state index in [9.17, 15) is 4.79 Å². The zero-order valence-electron chi connectivity index (χ0n) is 10.4. The Kier molecular flexibility index (Phi) is 5.77. The Morgan fingerprint density at radius 2 is 2.19 bits per heavy atom. The number of unbranched alkanes of at least 4 members (excludes halogenated alkanes) is 1. The van der Waals surface area contributed by atoms with Crippen LogP contribution in [0.3, 0.4) is 0 Å². The van der Waals surface area contributed by atoms with E-state index < -0.39 is 5.97 Å². The first-order valence-corrected chi connectivity index (χ1v) is 6.35. The lowest BCUT2D eigenvalue weighted by molar-refractivity contribution is -0.144. The highest BCUT2D eigenvalue weighted by atomic mass is 16.4. The summed E-state index contributed by atoms with van der Waals surface area (Å²) in [7, 11) is 0. The van der Waals surface area contributed by atoms with E-state index >= 15 is 0 Å². The van der Waals surface area contributed by atoms with Crippen molar-refractivity contribution in [2.45, 2.75) is 39.2 Å². The molecular formula is C12H24N2O2. The summed E-state index contributed by atoms with van der Waals surface area (Å²) in [5.74, 6) is -0.848. The summed E-state index contributed by atoms with van der Waals surface area (Å²) < 4.78 is 0. The van der Waals surface area contributed by atoms with Crippen molar-refractivity contribution in [2.24, 2.45) is 5.92 Å². The van der Waals surface area contributed by atoms with Crippen LogP contribution in [0.1, 0.15) is 33.1 Å². The molecule has 0 amide bonds. The number of likely N-dealkylation sites (N-methyl/N-ethyl adjacent to an activating group) is 1. The predicted octanol–water partition coefficient (Wildman–Crippen LogP) is 1.17. The van der Waals surface area contributed by atoms with Crippen LogP contribution >= 0.6 is 0 Å². The average molecular weight is 228 g/mol. The number of likely N-dealkylation sites (tertiary alicyclic amines) is 1. The van der Waals surface area contributed by atoms with Crippen LogP contribution in [0, 0.1) is 5.92 Å². The molecule has 2 atom stereocenters. The fourth-order valence-corrected chi connectivity index (χ4v) is 2.37. The summed E-state index contributed by atoms with van der Waals surface area (Å²) in [6.07, 6.45) is 3.09. The van der Waals surface area contributed by atoms with Gasteiger partial charge < -0.3 is 15.3 Å². The van der Waals surface area contributed by atoms with E-state index in [1.165, 1.54) is 6.42 Å². The first-order valence-electron chi connectivity index (χ1n) is 6.35. The van der Waals surface area contributed by atoms with Gasteiger partial charge in [-0.2, -0.15) is 0 Å². The molecule has 1 aliphatic rings. The summed E-state index contributed by atoms with van der Waals surface area (Å²) in [4.78, 5) is 13.4. The van der Waals surface area contributed by atoms with Crippen LogP contribution in [0.25, 0.3) is 0 Å².